The summed E-state index contributed by atoms with van der Waals surface area (Å²) in [6.45, 7) is 0. The van der Waals surface area contributed by atoms with Gasteiger partial charge in [-0.25, -0.2) is 9.59 Å². The van der Waals surface area contributed by atoms with Crippen molar-refractivity contribution in [1.29, 1.82) is 0 Å². The summed E-state index contributed by atoms with van der Waals surface area (Å²) >= 11 is 9.18. The molecule has 0 radical (unpaired) electrons. The van der Waals surface area contributed by atoms with E-state index < -0.39 is 11.9 Å². The normalized spacial score (nSPS) is 10.0. The number of hydrogen-bond donors (Lipinski definition) is 0. The number of esters is 2. The van der Waals surface area contributed by atoms with Crippen LogP contribution in [0.15, 0.2) is 46.9 Å². The summed E-state index contributed by atoms with van der Waals surface area (Å²) in [6, 6.07) is 11.1. The van der Waals surface area contributed by atoms with Crippen molar-refractivity contribution in [1.82, 2.24) is 0 Å². The Bertz CT molecular complexity index is 700. The van der Waals surface area contributed by atoms with E-state index in [2.05, 4.69) is 20.7 Å². The Morgan fingerprint density at radius 2 is 1.81 bits per heavy atom. The van der Waals surface area contributed by atoms with E-state index in [4.69, 9.17) is 16.3 Å². The third-order valence-electron chi connectivity index (χ3n) is 2.65. The highest BCUT2D eigenvalue weighted by molar-refractivity contribution is 9.10. The zero-order valence-electron chi connectivity index (χ0n) is 10.9. The fourth-order valence-corrected chi connectivity index (χ4v) is 2.28. The van der Waals surface area contributed by atoms with Crippen molar-refractivity contribution >= 4 is 39.5 Å². The molecular weight excluding hydrogens is 360 g/mol. The predicted octanol–water partition coefficient (Wildman–Crippen LogP) is 4.11. The van der Waals surface area contributed by atoms with Gasteiger partial charge in [0.25, 0.3) is 0 Å². The molecule has 0 fully saturated rings. The van der Waals surface area contributed by atoms with Gasteiger partial charge in [-0.15, -0.1) is 0 Å². The minimum atomic E-state index is -0.577. The highest BCUT2D eigenvalue weighted by atomic mass is 79.9. The van der Waals surface area contributed by atoms with Crippen LogP contribution in [0.5, 0.6) is 5.75 Å². The number of rotatable bonds is 3. The lowest BCUT2D eigenvalue weighted by Crippen LogP contribution is -2.10. The van der Waals surface area contributed by atoms with Crippen LogP contribution in [0.25, 0.3) is 0 Å². The minimum absolute atomic E-state index is 0.267. The van der Waals surface area contributed by atoms with Crippen LogP contribution in [0.2, 0.25) is 5.02 Å². The molecule has 0 saturated heterocycles. The number of carbonyl (C=O) groups is 2. The average molecular weight is 370 g/mol. The first-order valence-electron chi connectivity index (χ1n) is 5.87. The standard InChI is InChI=1S/C15H10BrClO4/c1-20-14(18)9-6-7-13(11(16)8-9)21-15(19)10-4-2-3-5-12(10)17/h2-8H,1H3. The summed E-state index contributed by atoms with van der Waals surface area (Å²) in [6.07, 6.45) is 0. The van der Waals surface area contributed by atoms with E-state index in [1.807, 2.05) is 0 Å². The van der Waals surface area contributed by atoms with Gasteiger partial charge in [-0.1, -0.05) is 23.7 Å². The quantitative estimate of drug-likeness (QED) is 0.603. The molecule has 0 aromatic heterocycles. The van der Waals surface area contributed by atoms with Gasteiger partial charge in [-0.2, -0.15) is 0 Å². The molecule has 4 nitrogen and oxygen atoms in total. The van der Waals surface area contributed by atoms with Crippen LogP contribution >= 0.6 is 27.5 Å². The second kappa shape index (κ2) is 6.74. The number of hydrogen-bond acceptors (Lipinski definition) is 4. The molecular formula is C15H10BrClO4. The van der Waals surface area contributed by atoms with Crippen molar-refractivity contribution in [2.75, 3.05) is 7.11 Å². The number of halogens is 2. The summed E-state index contributed by atoms with van der Waals surface area (Å²) in [5.41, 5.74) is 0.616. The molecule has 2 aromatic carbocycles. The minimum Gasteiger partial charge on any atom is -0.465 e. The average Bonchev–Trinajstić information content (AvgIpc) is 2.48. The molecule has 0 amide bonds. The number of ether oxygens (including phenoxy) is 2. The fraction of sp³-hybridized carbons (Fsp3) is 0.0667. The molecule has 6 heteroatoms. The van der Waals surface area contributed by atoms with Crippen LogP contribution in [0.1, 0.15) is 20.7 Å². The molecule has 0 heterocycles. The van der Waals surface area contributed by atoms with Gasteiger partial charge in [0.2, 0.25) is 0 Å². The van der Waals surface area contributed by atoms with E-state index in [9.17, 15) is 9.59 Å². The fourth-order valence-electron chi connectivity index (χ4n) is 1.61. The van der Waals surface area contributed by atoms with E-state index in [0.717, 1.165) is 0 Å². The summed E-state index contributed by atoms with van der Waals surface area (Å²) in [4.78, 5) is 23.4. The molecule has 0 saturated carbocycles. The van der Waals surface area contributed by atoms with Crippen LogP contribution in [-0.4, -0.2) is 19.0 Å². The zero-order valence-corrected chi connectivity index (χ0v) is 13.3. The van der Waals surface area contributed by atoms with E-state index in [-0.39, 0.29) is 11.3 Å². The third kappa shape index (κ3) is 3.62. The molecule has 0 aliphatic heterocycles. The lowest BCUT2D eigenvalue weighted by molar-refractivity contribution is 0.0600. The lowest BCUT2D eigenvalue weighted by atomic mass is 10.2. The molecule has 0 aliphatic rings. The van der Waals surface area contributed by atoms with Crippen LogP contribution in [0.3, 0.4) is 0 Å². The van der Waals surface area contributed by atoms with Crippen molar-refractivity contribution in [3.05, 3.63) is 63.1 Å². The molecule has 0 spiro atoms. The van der Waals surface area contributed by atoms with Gasteiger partial charge in [0.05, 0.1) is 27.7 Å². The van der Waals surface area contributed by atoms with Crippen molar-refractivity contribution < 1.29 is 19.1 Å². The highest BCUT2D eigenvalue weighted by Crippen LogP contribution is 2.28. The predicted molar refractivity (Wildman–Crippen MR) is 81.9 cm³/mol. The molecule has 2 rings (SSSR count). The number of methoxy groups -OCH3 is 1. The smallest absolute Gasteiger partial charge is 0.345 e. The van der Waals surface area contributed by atoms with E-state index in [1.54, 1.807) is 24.3 Å². The Morgan fingerprint density at radius 3 is 2.43 bits per heavy atom. The Morgan fingerprint density at radius 1 is 1.10 bits per heavy atom. The largest absolute Gasteiger partial charge is 0.465 e. The zero-order chi connectivity index (χ0) is 15.4. The highest BCUT2D eigenvalue weighted by Gasteiger charge is 2.15. The first-order valence-corrected chi connectivity index (χ1v) is 7.04. The second-order valence-corrected chi connectivity index (χ2v) is 5.27. The summed E-state index contributed by atoms with van der Waals surface area (Å²) in [5.74, 6) is -0.764. The summed E-state index contributed by atoms with van der Waals surface area (Å²) < 4.78 is 10.3. The Kier molecular flexibility index (Phi) is 4.98. The molecule has 0 atom stereocenters. The monoisotopic (exact) mass is 368 g/mol. The van der Waals surface area contributed by atoms with Gasteiger partial charge in [-0.3, -0.25) is 0 Å². The Labute approximate surface area is 134 Å². The maximum atomic E-state index is 12.0. The molecule has 0 unspecified atom stereocenters. The van der Waals surface area contributed by atoms with Gasteiger partial charge in [0, 0.05) is 0 Å². The maximum Gasteiger partial charge on any atom is 0.345 e. The molecule has 21 heavy (non-hydrogen) atoms. The van der Waals surface area contributed by atoms with E-state index >= 15 is 0 Å². The van der Waals surface area contributed by atoms with Crippen molar-refractivity contribution in [3.8, 4) is 5.75 Å². The number of benzene rings is 2. The van der Waals surface area contributed by atoms with Crippen molar-refractivity contribution in [3.63, 3.8) is 0 Å². The lowest BCUT2D eigenvalue weighted by Gasteiger charge is -2.08. The molecule has 108 valence electrons. The SMILES string of the molecule is COC(=O)c1ccc(OC(=O)c2ccccc2Cl)c(Br)c1. The van der Waals surface area contributed by atoms with Crippen molar-refractivity contribution in [2.24, 2.45) is 0 Å². The summed E-state index contributed by atoms with van der Waals surface area (Å²) in [7, 11) is 1.29. The Balaban J connectivity index is 2.22. The van der Waals surface area contributed by atoms with Crippen molar-refractivity contribution in [2.45, 2.75) is 0 Å². The van der Waals surface area contributed by atoms with Crippen LogP contribution < -0.4 is 4.74 Å². The van der Waals surface area contributed by atoms with Crippen LogP contribution in [-0.2, 0) is 4.74 Å². The number of carbonyl (C=O) groups excluding carboxylic acids is 2. The van der Waals surface area contributed by atoms with E-state index in [0.29, 0.717) is 15.1 Å². The maximum absolute atomic E-state index is 12.0. The topological polar surface area (TPSA) is 52.6 Å². The first-order chi connectivity index (χ1) is 10.0. The molecule has 0 aliphatic carbocycles. The molecule has 2 aromatic rings. The third-order valence-corrected chi connectivity index (χ3v) is 3.60. The second-order valence-electron chi connectivity index (χ2n) is 4.01. The van der Waals surface area contributed by atoms with Gasteiger partial charge in [0.15, 0.2) is 0 Å². The van der Waals surface area contributed by atoms with E-state index in [1.165, 1.54) is 25.3 Å². The first kappa shape index (κ1) is 15.5. The van der Waals surface area contributed by atoms with Gasteiger partial charge < -0.3 is 9.47 Å². The molecule has 0 N–H and O–H groups in total. The van der Waals surface area contributed by atoms with Gasteiger partial charge in [-0.05, 0) is 46.3 Å². The van der Waals surface area contributed by atoms with Gasteiger partial charge >= 0.3 is 11.9 Å². The van der Waals surface area contributed by atoms with Crippen LogP contribution in [0.4, 0.5) is 0 Å². The summed E-state index contributed by atoms with van der Waals surface area (Å²) in [5, 5.41) is 0.310. The van der Waals surface area contributed by atoms with Gasteiger partial charge in [0.1, 0.15) is 5.75 Å². The Hall–Kier alpha value is -1.85. The molecule has 0 bridgehead atoms. The van der Waals surface area contributed by atoms with Crippen LogP contribution in [0, 0.1) is 0 Å².